The predicted octanol–water partition coefficient (Wildman–Crippen LogP) is 0.862. The fourth-order valence-electron chi connectivity index (χ4n) is 1.47. The van der Waals surface area contributed by atoms with Crippen molar-refractivity contribution in [2.75, 3.05) is 0 Å². The van der Waals surface area contributed by atoms with Crippen molar-refractivity contribution in [3.63, 3.8) is 0 Å². The first-order chi connectivity index (χ1) is 7.02. The summed E-state index contributed by atoms with van der Waals surface area (Å²) in [6, 6.07) is 0. The van der Waals surface area contributed by atoms with Gasteiger partial charge in [0.05, 0.1) is 0 Å². The zero-order chi connectivity index (χ0) is 11.6. The van der Waals surface area contributed by atoms with Gasteiger partial charge in [-0.1, -0.05) is 6.92 Å². The lowest BCUT2D eigenvalue weighted by molar-refractivity contribution is 0.0676. The molecule has 0 atom stereocenters. The maximum absolute atomic E-state index is 10.9. The number of hydrogen-bond acceptors (Lipinski definition) is 3. The number of carboxylic acid groups (broad SMARTS) is 2. The first-order valence-corrected chi connectivity index (χ1v) is 4.59. The number of aryl methyl sites for hydroxylation is 1. The lowest BCUT2D eigenvalue weighted by Gasteiger charge is -2.00. The fourth-order valence-corrected chi connectivity index (χ4v) is 1.47. The summed E-state index contributed by atoms with van der Waals surface area (Å²) < 4.78 is 1.20. The Hall–Kier alpha value is -1.85. The van der Waals surface area contributed by atoms with Crippen LogP contribution in [0.2, 0.25) is 0 Å². The Bertz CT molecular complexity index is 408. The van der Waals surface area contributed by atoms with Crippen molar-refractivity contribution in [1.29, 1.82) is 0 Å². The van der Waals surface area contributed by atoms with E-state index in [1.165, 1.54) is 4.68 Å². The van der Waals surface area contributed by atoms with Gasteiger partial charge in [0.2, 0.25) is 0 Å². The third-order valence-corrected chi connectivity index (χ3v) is 2.11. The third kappa shape index (κ3) is 1.83. The van der Waals surface area contributed by atoms with Crippen LogP contribution in [0.3, 0.4) is 0 Å². The first-order valence-electron chi connectivity index (χ1n) is 4.59. The molecule has 0 bridgehead atoms. The van der Waals surface area contributed by atoms with Crippen LogP contribution < -0.4 is 0 Å². The number of carboxylic acids is 2. The molecule has 1 heterocycles. The molecule has 1 aromatic rings. The lowest BCUT2D eigenvalue weighted by atomic mass is 10.1. The highest BCUT2D eigenvalue weighted by Crippen LogP contribution is 2.15. The van der Waals surface area contributed by atoms with E-state index in [0.717, 1.165) is 0 Å². The van der Waals surface area contributed by atoms with Gasteiger partial charge in [-0.15, -0.1) is 0 Å². The average molecular weight is 212 g/mol. The molecular formula is C9H12N2O4. The molecule has 6 heteroatoms. The normalized spacial score (nSPS) is 10.3. The molecule has 1 rings (SSSR count). The molecule has 0 saturated carbocycles. The molecule has 0 unspecified atom stereocenters. The molecule has 0 saturated heterocycles. The van der Waals surface area contributed by atoms with E-state index in [-0.39, 0.29) is 17.0 Å². The van der Waals surface area contributed by atoms with E-state index in [4.69, 9.17) is 10.2 Å². The Morgan fingerprint density at radius 1 is 1.27 bits per heavy atom. The van der Waals surface area contributed by atoms with E-state index >= 15 is 0 Å². The quantitative estimate of drug-likeness (QED) is 0.772. The van der Waals surface area contributed by atoms with Crippen molar-refractivity contribution in [1.82, 2.24) is 9.78 Å². The lowest BCUT2D eigenvalue weighted by Crippen LogP contribution is -2.10. The van der Waals surface area contributed by atoms with Gasteiger partial charge in [-0.2, -0.15) is 5.10 Å². The number of carbonyl (C=O) groups is 2. The largest absolute Gasteiger partial charge is 0.477 e. The van der Waals surface area contributed by atoms with Crippen LogP contribution in [0.25, 0.3) is 0 Å². The molecule has 0 aliphatic carbocycles. The van der Waals surface area contributed by atoms with Crippen molar-refractivity contribution in [3.8, 4) is 0 Å². The molecule has 0 fully saturated rings. The van der Waals surface area contributed by atoms with E-state index in [1.807, 2.05) is 0 Å². The zero-order valence-corrected chi connectivity index (χ0v) is 8.52. The van der Waals surface area contributed by atoms with E-state index in [1.54, 1.807) is 13.8 Å². The third-order valence-electron chi connectivity index (χ3n) is 2.11. The second-order valence-electron chi connectivity index (χ2n) is 2.96. The second-order valence-corrected chi connectivity index (χ2v) is 2.96. The molecule has 0 spiro atoms. The molecule has 2 N–H and O–H groups in total. The Balaban J connectivity index is 3.45. The number of aromatic nitrogens is 2. The smallest absolute Gasteiger partial charge is 0.356 e. The van der Waals surface area contributed by atoms with Gasteiger partial charge in [-0.3, -0.25) is 4.68 Å². The van der Waals surface area contributed by atoms with Crippen LogP contribution in [-0.2, 0) is 13.0 Å². The standard InChI is InChI=1S/C9H12N2O4/c1-3-5-6(8(12)13)10-11(4-2)7(5)9(14)15/h3-4H2,1-2H3,(H,12,13)(H,14,15). The van der Waals surface area contributed by atoms with Gasteiger partial charge in [-0.25, -0.2) is 9.59 Å². The van der Waals surface area contributed by atoms with Gasteiger partial charge < -0.3 is 10.2 Å². The number of nitrogens with zero attached hydrogens (tertiary/aromatic N) is 2. The molecule has 0 aromatic carbocycles. The topological polar surface area (TPSA) is 92.4 Å². The Morgan fingerprint density at radius 3 is 2.20 bits per heavy atom. The molecule has 82 valence electrons. The first kappa shape index (κ1) is 11.2. The van der Waals surface area contributed by atoms with E-state index in [0.29, 0.717) is 13.0 Å². The highest BCUT2D eigenvalue weighted by Gasteiger charge is 2.24. The number of hydrogen-bond donors (Lipinski definition) is 2. The maximum Gasteiger partial charge on any atom is 0.356 e. The molecule has 0 amide bonds. The minimum Gasteiger partial charge on any atom is -0.477 e. The van der Waals surface area contributed by atoms with Crippen LogP contribution in [0.1, 0.15) is 40.4 Å². The van der Waals surface area contributed by atoms with Crippen LogP contribution in [0.5, 0.6) is 0 Å². The summed E-state index contributed by atoms with van der Waals surface area (Å²) in [6.45, 7) is 3.75. The molecule has 0 radical (unpaired) electrons. The SMILES string of the molecule is CCc1c(C(=O)O)nn(CC)c1C(=O)O. The molecule has 15 heavy (non-hydrogen) atoms. The Kier molecular flexibility index (Phi) is 3.08. The van der Waals surface area contributed by atoms with Crippen molar-refractivity contribution < 1.29 is 19.8 Å². The zero-order valence-electron chi connectivity index (χ0n) is 8.52. The summed E-state index contributed by atoms with van der Waals surface area (Å²) in [5.74, 6) is -2.34. The Labute approximate surface area is 86.1 Å². The van der Waals surface area contributed by atoms with E-state index < -0.39 is 11.9 Å². The molecule has 1 aromatic heterocycles. The summed E-state index contributed by atoms with van der Waals surface area (Å²) in [6.07, 6.45) is 0.337. The van der Waals surface area contributed by atoms with Crippen LogP contribution in [0, 0.1) is 0 Å². The predicted molar refractivity (Wildman–Crippen MR) is 51.2 cm³/mol. The highest BCUT2D eigenvalue weighted by atomic mass is 16.4. The van der Waals surface area contributed by atoms with E-state index in [9.17, 15) is 9.59 Å². The highest BCUT2D eigenvalue weighted by molar-refractivity contribution is 5.94. The van der Waals surface area contributed by atoms with Crippen molar-refractivity contribution in [3.05, 3.63) is 17.0 Å². The average Bonchev–Trinajstić information content (AvgIpc) is 2.55. The van der Waals surface area contributed by atoms with Gasteiger partial charge in [0, 0.05) is 12.1 Å². The fraction of sp³-hybridized carbons (Fsp3) is 0.444. The van der Waals surface area contributed by atoms with Crippen LogP contribution in [-0.4, -0.2) is 31.9 Å². The van der Waals surface area contributed by atoms with Crippen molar-refractivity contribution in [2.45, 2.75) is 26.8 Å². The summed E-state index contributed by atoms with van der Waals surface area (Å²) in [5.41, 5.74) is 0.0750. The van der Waals surface area contributed by atoms with Gasteiger partial charge >= 0.3 is 11.9 Å². The molecule has 0 aliphatic heterocycles. The minimum absolute atomic E-state index is 0.0302. The van der Waals surface area contributed by atoms with Gasteiger partial charge in [0.25, 0.3) is 0 Å². The van der Waals surface area contributed by atoms with Crippen LogP contribution >= 0.6 is 0 Å². The summed E-state index contributed by atoms with van der Waals surface area (Å²) in [5, 5.41) is 21.5. The monoisotopic (exact) mass is 212 g/mol. The molecule has 0 aliphatic rings. The van der Waals surface area contributed by atoms with Crippen molar-refractivity contribution in [2.24, 2.45) is 0 Å². The Morgan fingerprint density at radius 2 is 1.87 bits per heavy atom. The second kappa shape index (κ2) is 4.12. The summed E-state index contributed by atoms with van der Waals surface area (Å²) in [7, 11) is 0. The van der Waals surface area contributed by atoms with Crippen LogP contribution in [0.4, 0.5) is 0 Å². The van der Waals surface area contributed by atoms with Gasteiger partial charge in [-0.05, 0) is 13.3 Å². The number of rotatable bonds is 4. The van der Waals surface area contributed by atoms with Crippen molar-refractivity contribution >= 4 is 11.9 Å². The maximum atomic E-state index is 10.9. The van der Waals surface area contributed by atoms with Gasteiger partial charge in [0.15, 0.2) is 5.69 Å². The van der Waals surface area contributed by atoms with E-state index in [2.05, 4.69) is 5.10 Å². The summed E-state index contributed by atoms with van der Waals surface area (Å²) >= 11 is 0. The van der Waals surface area contributed by atoms with Crippen LogP contribution in [0.15, 0.2) is 0 Å². The molecular weight excluding hydrogens is 200 g/mol. The molecule has 6 nitrogen and oxygen atoms in total. The minimum atomic E-state index is -1.19. The van der Waals surface area contributed by atoms with Gasteiger partial charge in [0.1, 0.15) is 5.69 Å². The number of aromatic carboxylic acids is 2. The summed E-state index contributed by atoms with van der Waals surface area (Å²) in [4.78, 5) is 21.8.